The molecule has 0 bridgehead atoms. The molecule has 2 aromatic heterocycles. The van der Waals surface area contributed by atoms with Crippen molar-refractivity contribution in [2.24, 2.45) is 5.41 Å². The van der Waals surface area contributed by atoms with Crippen LogP contribution in [0.15, 0.2) is 36.7 Å². The molecular formula is C24H33N7O. The van der Waals surface area contributed by atoms with E-state index >= 15 is 0 Å². The van der Waals surface area contributed by atoms with Crippen molar-refractivity contribution in [3.8, 4) is 5.75 Å². The molecule has 1 aromatic carbocycles. The second-order valence-corrected chi connectivity index (χ2v) is 9.51. The van der Waals surface area contributed by atoms with E-state index in [1.54, 1.807) is 13.3 Å². The van der Waals surface area contributed by atoms with Gasteiger partial charge in [0.15, 0.2) is 5.82 Å². The summed E-state index contributed by atoms with van der Waals surface area (Å²) in [5.74, 6) is 2.04. The summed E-state index contributed by atoms with van der Waals surface area (Å²) >= 11 is 0. The largest absolute Gasteiger partial charge is 0.494 e. The van der Waals surface area contributed by atoms with Crippen LogP contribution in [0, 0.1) is 5.41 Å². The van der Waals surface area contributed by atoms with Gasteiger partial charge in [0, 0.05) is 62.3 Å². The normalized spacial score (nSPS) is 15.1. The van der Waals surface area contributed by atoms with Gasteiger partial charge in [0.25, 0.3) is 0 Å². The van der Waals surface area contributed by atoms with Crippen molar-refractivity contribution in [3.63, 3.8) is 0 Å². The zero-order valence-corrected chi connectivity index (χ0v) is 19.6. The highest BCUT2D eigenvalue weighted by Crippen LogP contribution is 2.32. The molecular weight excluding hydrogens is 402 g/mol. The number of likely N-dealkylation sites (N-methyl/N-ethyl adjacent to an activating group) is 1. The predicted octanol–water partition coefficient (Wildman–Crippen LogP) is 3.99. The standard InChI is InChI=1S/C24H33N7O/c1-24(2,3)16-27-22-21-17(8-9-25-22)15-26-23(29-21)28-19-7-6-18(14-20(19)32-5)31-12-10-30(4)11-13-31/h6-9,14-15H,10-13,16H2,1-5H3,(H,25,27)(H,26,28,29). The van der Waals surface area contributed by atoms with Crippen LogP contribution in [-0.2, 0) is 0 Å². The molecule has 1 saturated heterocycles. The summed E-state index contributed by atoms with van der Waals surface area (Å²) in [5.41, 5.74) is 2.93. The smallest absolute Gasteiger partial charge is 0.227 e. The summed E-state index contributed by atoms with van der Waals surface area (Å²) in [5, 5.41) is 7.69. The van der Waals surface area contributed by atoms with Crippen LogP contribution in [0.4, 0.5) is 23.1 Å². The number of ether oxygens (including phenoxy) is 1. The zero-order chi connectivity index (χ0) is 22.7. The maximum absolute atomic E-state index is 5.68. The second-order valence-electron chi connectivity index (χ2n) is 9.51. The number of piperazine rings is 1. The van der Waals surface area contributed by atoms with Crippen molar-refractivity contribution in [2.75, 3.05) is 62.4 Å². The first kappa shape index (κ1) is 22.1. The molecule has 0 spiro atoms. The number of rotatable bonds is 6. The Morgan fingerprint density at radius 2 is 1.84 bits per heavy atom. The molecule has 1 aliphatic heterocycles. The lowest BCUT2D eigenvalue weighted by Crippen LogP contribution is -2.44. The summed E-state index contributed by atoms with van der Waals surface area (Å²) in [7, 11) is 3.85. The van der Waals surface area contributed by atoms with Gasteiger partial charge in [0.1, 0.15) is 11.3 Å². The van der Waals surface area contributed by atoms with Crippen molar-refractivity contribution in [3.05, 3.63) is 36.7 Å². The highest BCUT2D eigenvalue weighted by atomic mass is 16.5. The lowest BCUT2D eigenvalue weighted by Gasteiger charge is -2.34. The lowest BCUT2D eigenvalue weighted by atomic mass is 9.97. The van der Waals surface area contributed by atoms with E-state index in [4.69, 9.17) is 9.72 Å². The van der Waals surface area contributed by atoms with Gasteiger partial charge in [-0.1, -0.05) is 20.8 Å². The number of nitrogens with one attached hydrogen (secondary N) is 2. The van der Waals surface area contributed by atoms with E-state index in [1.807, 2.05) is 18.3 Å². The van der Waals surface area contributed by atoms with Gasteiger partial charge in [-0.15, -0.1) is 0 Å². The molecule has 0 radical (unpaired) electrons. The van der Waals surface area contributed by atoms with Crippen LogP contribution < -0.4 is 20.3 Å². The molecule has 0 atom stereocenters. The third kappa shape index (κ3) is 5.19. The van der Waals surface area contributed by atoms with Gasteiger partial charge in [0.05, 0.1) is 12.8 Å². The van der Waals surface area contributed by atoms with Crippen LogP contribution in [0.5, 0.6) is 5.75 Å². The first-order valence-electron chi connectivity index (χ1n) is 11.1. The third-order valence-corrected chi connectivity index (χ3v) is 5.59. The average Bonchev–Trinajstić information content (AvgIpc) is 2.78. The highest BCUT2D eigenvalue weighted by Gasteiger charge is 2.17. The minimum atomic E-state index is 0.136. The van der Waals surface area contributed by atoms with Crippen LogP contribution in [0.3, 0.4) is 0 Å². The summed E-state index contributed by atoms with van der Waals surface area (Å²) in [6.45, 7) is 11.5. The first-order valence-corrected chi connectivity index (χ1v) is 11.1. The third-order valence-electron chi connectivity index (χ3n) is 5.59. The van der Waals surface area contributed by atoms with Crippen molar-refractivity contribution in [1.82, 2.24) is 19.9 Å². The van der Waals surface area contributed by atoms with E-state index in [9.17, 15) is 0 Å². The average molecular weight is 436 g/mol. The SMILES string of the molecule is COc1cc(N2CCN(C)CC2)ccc1Nc1ncc2ccnc(NCC(C)(C)C)c2n1. The molecule has 8 nitrogen and oxygen atoms in total. The number of hydrogen-bond donors (Lipinski definition) is 2. The fourth-order valence-electron chi connectivity index (χ4n) is 3.66. The Morgan fingerprint density at radius 3 is 2.56 bits per heavy atom. The Morgan fingerprint density at radius 1 is 1.06 bits per heavy atom. The van der Waals surface area contributed by atoms with E-state index in [0.29, 0.717) is 5.95 Å². The molecule has 0 amide bonds. The number of pyridine rings is 1. The number of methoxy groups -OCH3 is 1. The number of anilines is 4. The fourth-order valence-corrected chi connectivity index (χ4v) is 3.66. The molecule has 3 aromatic rings. The van der Waals surface area contributed by atoms with Crippen LogP contribution in [0.25, 0.3) is 10.9 Å². The van der Waals surface area contributed by atoms with E-state index in [1.165, 1.54) is 0 Å². The number of benzene rings is 1. The molecule has 0 unspecified atom stereocenters. The molecule has 8 heteroatoms. The maximum atomic E-state index is 5.68. The van der Waals surface area contributed by atoms with E-state index in [-0.39, 0.29) is 5.41 Å². The van der Waals surface area contributed by atoms with Crippen molar-refractivity contribution >= 4 is 34.0 Å². The predicted molar refractivity (Wildman–Crippen MR) is 131 cm³/mol. The van der Waals surface area contributed by atoms with Crippen LogP contribution >= 0.6 is 0 Å². The number of aromatic nitrogens is 3. The molecule has 4 rings (SSSR count). The van der Waals surface area contributed by atoms with E-state index in [0.717, 1.165) is 66.6 Å². The van der Waals surface area contributed by atoms with Gasteiger partial charge in [-0.3, -0.25) is 0 Å². The Kier molecular flexibility index (Phi) is 6.32. The Labute approximate surface area is 190 Å². The molecule has 32 heavy (non-hydrogen) atoms. The topological polar surface area (TPSA) is 78.4 Å². The number of hydrogen-bond acceptors (Lipinski definition) is 8. The summed E-state index contributed by atoms with van der Waals surface area (Å²) in [6, 6.07) is 8.15. The van der Waals surface area contributed by atoms with Crippen molar-refractivity contribution < 1.29 is 4.74 Å². The minimum Gasteiger partial charge on any atom is -0.494 e. The van der Waals surface area contributed by atoms with Gasteiger partial charge >= 0.3 is 0 Å². The quantitative estimate of drug-likeness (QED) is 0.602. The Hall–Kier alpha value is -3.13. The molecule has 0 aliphatic carbocycles. The van der Waals surface area contributed by atoms with Gasteiger partial charge < -0.3 is 25.2 Å². The lowest BCUT2D eigenvalue weighted by molar-refractivity contribution is 0.312. The van der Waals surface area contributed by atoms with Crippen LogP contribution in [0.1, 0.15) is 20.8 Å². The number of fused-ring (bicyclic) bond motifs is 1. The van der Waals surface area contributed by atoms with E-state index < -0.39 is 0 Å². The molecule has 1 aliphatic rings. The summed E-state index contributed by atoms with van der Waals surface area (Å²) in [4.78, 5) is 18.5. The zero-order valence-electron chi connectivity index (χ0n) is 19.6. The molecule has 1 fully saturated rings. The summed E-state index contributed by atoms with van der Waals surface area (Å²) < 4.78 is 5.68. The van der Waals surface area contributed by atoms with Gasteiger partial charge in [-0.25, -0.2) is 15.0 Å². The van der Waals surface area contributed by atoms with E-state index in [2.05, 4.69) is 70.4 Å². The summed E-state index contributed by atoms with van der Waals surface area (Å²) in [6.07, 6.45) is 3.60. The van der Waals surface area contributed by atoms with Crippen molar-refractivity contribution in [1.29, 1.82) is 0 Å². The van der Waals surface area contributed by atoms with Gasteiger partial charge in [-0.2, -0.15) is 0 Å². The van der Waals surface area contributed by atoms with Gasteiger partial charge in [0.2, 0.25) is 5.95 Å². The molecule has 170 valence electrons. The first-order chi connectivity index (χ1) is 15.3. The molecule has 3 heterocycles. The maximum Gasteiger partial charge on any atom is 0.227 e. The second kappa shape index (κ2) is 9.16. The Bertz CT molecular complexity index is 1070. The number of nitrogens with zero attached hydrogens (tertiary/aromatic N) is 5. The molecule has 2 N–H and O–H groups in total. The van der Waals surface area contributed by atoms with Crippen LogP contribution in [-0.4, -0.2) is 66.7 Å². The fraction of sp³-hybridized carbons (Fsp3) is 0.458. The monoisotopic (exact) mass is 435 g/mol. The van der Waals surface area contributed by atoms with Crippen molar-refractivity contribution in [2.45, 2.75) is 20.8 Å². The minimum absolute atomic E-state index is 0.136. The highest BCUT2D eigenvalue weighted by molar-refractivity contribution is 5.88. The van der Waals surface area contributed by atoms with Gasteiger partial charge in [-0.05, 0) is 30.7 Å². The van der Waals surface area contributed by atoms with Crippen LogP contribution in [0.2, 0.25) is 0 Å². The molecule has 0 saturated carbocycles. The Balaban J connectivity index is 1.57.